The van der Waals surface area contributed by atoms with Gasteiger partial charge >= 0.3 is 0 Å². The van der Waals surface area contributed by atoms with Gasteiger partial charge in [-0.25, -0.2) is 9.67 Å². The summed E-state index contributed by atoms with van der Waals surface area (Å²) in [6.45, 7) is 5.66. The van der Waals surface area contributed by atoms with Gasteiger partial charge in [0.25, 0.3) is 11.5 Å². The number of nitrogens with one attached hydrogen (secondary N) is 1. The van der Waals surface area contributed by atoms with E-state index in [2.05, 4.69) is 21.6 Å². The molecule has 1 N–H and O–H groups in total. The quantitative estimate of drug-likeness (QED) is 0.734. The summed E-state index contributed by atoms with van der Waals surface area (Å²) < 4.78 is 12.2. The number of hydrogen-bond donors (Lipinski definition) is 1. The first-order chi connectivity index (χ1) is 11.0. The van der Waals surface area contributed by atoms with Gasteiger partial charge in [-0.15, -0.1) is 0 Å². The first-order valence-corrected chi connectivity index (χ1v) is 6.92. The van der Waals surface area contributed by atoms with E-state index in [-0.39, 0.29) is 5.56 Å². The second-order valence-corrected chi connectivity index (χ2v) is 4.95. The van der Waals surface area contributed by atoms with Crippen molar-refractivity contribution in [3.63, 3.8) is 0 Å². The Hall–Kier alpha value is -3.09. The molecule has 0 saturated heterocycles. The summed E-state index contributed by atoms with van der Waals surface area (Å²) in [4.78, 5) is 20.4. The molecule has 2 aliphatic heterocycles. The molecule has 3 rings (SSSR count). The van der Waals surface area contributed by atoms with Gasteiger partial charge < -0.3 is 9.47 Å². The molecular weight excluding hydrogens is 296 g/mol. The number of aryl methyl sites for hydroxylation is 1. The van der Waals surface area contributed by atoms with Gasteiger partial charge in [-0.1, -0.05) is 18.7 Å². The zero-order valence-corrected chi connectivity index (χ0v) is 13.1. The number of methoxy groups -OCH3 is 2. The Labute approximate surface area is 131 Å². The molecule has 0 spiro atoms. The van der Waals surface area contributed by atoms with Gasteiger partial charge in [-0.05, 0) is 19.1 Å². The molecule has 0 fully saturated rings. The molecule has 1 aromatic carbocycles. The molecule has 0 unspecified atom stereocenters. The van der Waals surface area contributed by atoms with Gasteiger partial charge in [0.1, 0.15) is 5.35 Å². The zero-order chi connectivity index (χ0) is 16.6. The Morgan fingerprint density at radius 3 is 2.74 bits per heavy atom. The predicted octanol–water partition coefficient (Wildman–Crippen LogP) is -0.0419. The van der Waals surface area contributed by atoms with Crippen molar-refractivity contribution in [3.05, 3.63) is 50.5 Å². The van der Waals surface area contributed by atoms with E-state index < -0.39 is 0 Å². The molecule has 118 valence electrons. The Morgan fingerprint density at radius 2 is 2.04 bits per heavy atom. The van der Waals surface area contributed by atoms with Crippen LogP contribution in [0.5, 0.6) is 11.5 Å². The third kappa shape index (κ3) is 2.46. The largest absolute Gasteiger partial charge is 0.493 e. The van der Waals surface area contributed by atoms with Crippen molar-refractivity contribution >= 4 is 12.7 Å². The average Bonchev–Trinajstić information content (AvgIpc) is 2.83. The summed E-state index contributed by atoms with van der Waals surface area (Å²) in [5.41, 5.74) is 1.00. The number of nitrogens with zero attached hydrogens (tertiary/aromatic N) is 3. The van der Waals surface area contributed by atoms with E-state index in [1.807, 2.05) is 12.1 Å². The number of ether oxygens (including phenoxy) is 2. The van der Waals surface area contributed by atoms with Crippen LogP contribution >= 0.6 is 0 Å². The second-order valence-electron chi connectivity index (χ2n) is 4.95. The smallest absolute Gasteiger partial charge is 0.299 e. The van der Waals surface area contributed by atoms with Crippen LogP contribution in [0.2, 0.25) is 0 Å². The third-order valence-electron chi connectivity index (χ3n) is 3.54. The molecule has 0 amide bonds. The number of benzene rings is 1. The number of rotatable bonds is 3. The summed E-state index contributed by atoms with van der Waals surface area (Å²) in [5, 5.41) is 3.96. The highest BCUT2D eigenvalue weighted by Crippen LogP contribution is 2.30. The topological polar surface area (TPSA) is 82.0 Å². The summed E-state index contributed by atoms with van der Waals surface area (Å²) in [6.07, 6.45) is 1.68. The normalized spacial score (nSPS) is 11.9. The first kappa shape index (κ1) is 14.8. The summed E-state index contributed by atoms with van der Waals surface area (Å²) in [7, 11) is 3.11. The molecule has 0 aliphatic carbocycles. The Morgan fingerprint density at radius 1 is 1.26 bits per heavy atom. The molecule has 0 aromatic heterocycles. The molecule has 0 bridgehead atoms. The van der Waals surface area contributed by atoms with E-state index in [0.717, 1.165) is 0 Å². The fourth-order valence-corrected chi connectivity index (χ4v) is 2.32. The van der Waals surface area contributed by atoms with Crippen LogP contribution in [0.4, 0.5) is 0 Å². The van der Waals surface area contributed by atoms with Crippen molar-refractivity contribution in [2.75, 3.05) is 14.2 Å². The molecule has 0 radical (unpaired) electrons. The maximum Gasteiger partial charge on any atom is 0.299 e. The fourth-order valence-electron chi connectivity index (χ4n) is 2.32. The molecule has 1 aromatic rings. The standard InChI is InChI=1S/C16H16N4O3/c1-9-10(2)19-20-12(15(21)18-16(20)17-9)8-11-6-5-7-13(22-3)14(11)23-4/h5-8,19H,2H2,1,3-4H3/b12-8+. The van der Waals surface area contributed by atoms with E-state index in [0.29, 0.717) is 39.4 Å². The van der Waals surface area contributed by atoms with Crippen molar-refractivity contribution in [1.82, 2.24) is 19.7 Å². The number of para-hydroxylation sites is 1. The lowest BCUT2D eigenvalue weighted by Crippen LogP contribution is -2.32. The molecule has 7 nitrogen and oxygen atoms in total. The van der Waals surface area contributed by atoms with Gasteiger partial charge in [0.2, 0.25) is 0 Å². The van der Waals surface area contributed by atoms with Crippen molar-refractivity contribution in [2.24, 2.45) is 0 Å². The van der Waals surface area contributed by atoms with Crippen LogP contribution in [-0.4, -0.2) is 34.0 Å². The lowest BCUT2D eigenvalue weighted by atomic mass is 10.1. The number of fused-ring (bicyclic) bond motifs is 1. The second kappa shape index (κ2) is 5.60. The van der Waals surface area contributed by atoms with E-state index in [9.17, 15) is 4.79 Å². The lowest BCUT2D eigenvalue weighted by Gasteiger charge is -2.10. The van der Waals surface area contributed by atoms with Crippen LogP contribution in [0.15, 0.2) is 23.0 Å². The minimum Gasteiger partial charge on any atom is -0.493 e. The number of imidazole rings is 1. The number of hydrogen-bond acceptors (Lipinski definition) is 5. The SMILES string of the molecule is C=c1[nH]n2/c(=C/c3cccc(OC)c3OC)c(=O)nc-2nc1C. The van der Waals surface area contributed by atoms with Crippen LogP contribution in [0, 0.1) is 6.92 Å². The third-order valence-corrected chi connectivity index (χ3v) is 3.54. The van der Waals surface area contributed by atoms with Crippen LogP contribution in [0.3, 0.4) is 0 Å². The Balaban J connectivity index is 2.32. The maximum absolute atomic E-state index is 12.2. The Bertz CT molecular complexity index is 1000. The van der Waals surface area contributed by atoms with Gasteiger partial charge in [-0.2, -0.15) is 4.98 Å². The van der Waals surface area contributed by atoms with Gasteiger partial charge in [-0.3, -0.25) is 9.89 Å². The highest BCUT2D eigenvalue weighted by molar-refractivity contribution is 5.62. The Kier molecular flexibility index (Phi) is 3.61. The molecule has 7 heteroatoms. The number of aromatic nitrogens is 4. The molecule has 2 heterocycles. The number of H-pyrrole nitrogens is 1. The average molecular weight is 312 g/mol. The number of aromatic amines is 1. The van der Waals surface area contributed by atoms with Crippen LogP contribution < -0.4 is 25.7 Å². The van der Waals surface area contributed by atoms with E-state index in [1.54, 1.807) is 33.3 Å². The molecule has 23 heavy (non-hydrogen) atoms. The van der Waals surface area contributed by atoms with Crippen molar-refractivity contribution < 1.29 is 9.47 Å². The zero-order valence-electron chi connectivity index (χ0n) is 13.1. The van der Waals surface area contributed by atoms with Gasteiger partial charge in [0.15, 0.2) is 11.5 Å². The fraction of sp³-hybridized carbons (Fsp3) is 0.188. The molecule has 0 saturated carbocycles. The highest BCUT2D eigenvalue weighted by atomic mass is 16.5. The van der Waals surface area contributed by atoms with Crippen LogP contribution in [-0.2, 0) is 0 Å². The predicted molar refractivity (Wildman–Crippen MR) is 85.8 cm³/mol. The van der Waals surface area contributed by atoms with Crippen molar-refractivity contribution in [3.8, 4) is 17.4 Å². The maximum atomic E-state index is 12.2. The van der Waals surface area contributed by atoms with E-state index in [1.165, 1.54) is 4.68 Å². The summed E-state index contributed by atoms with van der Waals surface area (Å²) in [6, 6.07) is 5.43. The van der Waals surface area contributed by atoms with Crippen LogP contribution in [0.1, 0.15) is 11.3 Å². The summed E-state index contributed by atoms with van der Waals surface area (Å²) in [5.74, 6) is 1.42. The molecular formula is C16H16N4O3. The minimum atomic E-state index is -0.386. The van der Waals surface area contributed by atoms with E-state index in [4.69, 9.17) is 9.47 Å². The highest BCUT2D eigenvalue weighted by Gasteiger charge is 2.13. The van der Waals surface area contributed by atoms with Gasteiger partial charge in [0.05, 0.1) is 25.3 Å². The van der Waals surface area contributed by atoms with Crippen LogP contribution in [0.25, 0.3) is 18.6 Å². The van der Waals surface area contributed by atoms with E-state index >= 15 is 0 Å². The molecule has 2 aliphatic rings. The molecule has 0 atom stereocenters. The van der Waals surface area contributed by atoms with Gasteiger partial charge in [0, 0.05) is 5.56 Å². The van der Waals surface area contributed by atoms with Crippen molar-refractivity contribution in [2.45, 2.75) is 6.92 Å². The van der Waals surface area contributed by atoms with Crippen molar-refractivity contribution in [1.29, 1.82) is 0 Å². The minimum absolute atomic E-state index is 0.299. The summed E-state index contributed by atoms with van der Waals surface area (Å²) >= 11 is 0. The first-order valence-electron chi connectivity index (χ1n) is 6.92. The lowest BCUT2D eigenvalue weighted by molar-refractivity contribution is 0.354. The monoisotopic (exact) mass is 312 g/mol.